The van der Waals surface area contributed by atoms with Gasteiger partial charge in [0.1, 0.15) is 0 Å². The predicted octanol–water partition coefficient (Wildman–Crippen LogP) is 2.54. The number of nitrogens with zero attached hydrogens (tertiary/aromatic N) is 2. The Morgan fingerprint density at radius 2 is 1.46 bits per heavy atom. The van der Waals surface area contributed by atoms with E-state index in [4.69, 9.17) is 0 Å². The smallest absolute Gasteiger partial charge is 0.243 e. The molecule has 24 heavy (non-hydrogen) atoms. The zero-order valence-corrected chi connectivity index (χ0v) is 15.0. The van der Waals surface area contributed by atoms with Gasteiger partial charge in [-0.2, -0.15) is 4.31 Å². The third kappa shape index (κ3) is 3.84. The summed E-state index contributed by atoms with van der Waals surface area (Å²) in [5, 5.41) is 0. The highest BCUT2D eigenvalue weighted by molar-refractivity contribution is 7.89. The molecule has 1 aromatic rings. The van der Waals surface area contributed by atoms with Crippen LogP contribution in [0.1, 0.15) is 46.0 Å². The maximum atomic E-state index is 12.7. The Hall–Kier alpha value is -1.73. The van der Waals surface area contributed by atoms with E-state index in [1.165, 1.54) is 28.6 Å². The maximum Gasteiger partial charge on any atom is 0.243 e. The van der Waals surface area contributed by atoms with E-state index in [-0.39, 0.29) is 16.7 Å². The van der Waals surface area contributed by atoms with E-state index in [1.54, 1.807) is 0 Å². The van der Waals surface area contributed by atoms with Crippen LogP contribution >= 0.6 is 0 Å². The topological polar surface area (TPSA) is 74.8 Å². The van der Waals surface area contributed by atoms with Gasteiger partial charge >= 0.3 is 0 Å². The number of hydrogen-bond donors (Lipinski definition) is 0. The zero-order chi connectivity index (χ0) is 17.7. The summed E-state index contributed by atoms with van der Waals surface area (Å²) in [7, 11) is -3.55. The van der Waals surface area contributed by atoms with E-state index in [1.807, 2.05) is 13.8 Å². The Morgan fingerprint density at radius 1 is 0.958 bits per heavy atom. The quantitative estimate of drug-likeness (QED) is 0.707. The highest BCUT2D eigenvalue weighted by Crippen LogP contribution is 2.25. The molecule has 2 rings (SSSR count). The molecule has 0 bridgehead atoms. The molecule has 0 unspecified atom stereocenters. The van der Waals surface area contributed by atoms with Crippen molar-refractivity contribution in [1.29, 1.82) is 0 Å². The first kappa shape index (κ1) is 18.6. The van der Waals surface area contributed by atoms with Crippen LogP contribution in [-0.2, 0) is 19.6 Å². The Labute approximate surface area is 143 Å². The minimum Gasteiger partial charge on any atom is -0.274 e. The lowest BCUT2D eigenvalue weighted by Crippen LogP contribution is -2.40. The average molecular weight is 352 g/mol. The van der Waals surface area contributed by atoms with E-state index < -0.39 is 10.0 Å². The van der Waals surface area contributed by atoms with E-state index >= 15 is 0 Å². The third-order valence-electron chi connectivity index (χ3n) is 3.96. The van der Waals surface area contributed by atoms with Crippen molar-refractivity contribution in [2.75, 3.05) is 18.0 Å². The van der Waals surface area contributed by atoms with Gasteiger partial charge < -0.3 is 0 Å². The Morgan fingerprint density at radius 3 is 1.92 bits per heavy atom. The number of piperidine rings is 1. The lowest BCUT2D eigenvalue weighted by Gasteiger charge is -2.25. The number of imide groups is 1. The van der Waals surface area contributed by atoms with Crippen molar-refractivity contribution >= 4 is 27.5 Å². The first-order valence-electron chi connectivity index (χ1n) is 8.37. The van der Waals surface area contributed by atoms with E-state index in [0.717, 1.165) is 17.7 Å². The van der Waals surface area contributed by atoms with Gasteiger partial charge in [0.2, 0.25) is 21.8 Å². The van der Waals surface area contributed by atoms with Crippen LogP contribution in [0, 0.1) is 0 Å². The molecule has 1 heterocycles. The number of benzene rings is 1. The molecule has 0 atom stereocenters. The fraction of sp³-hybridized carbons (Fsp3) is 0.529. The summed E-state index contributed by atoms with van der Waals surface area (Å²) in [4.78, 5) is 25.2. The molecule has 6 nitrogen and oxygen atoms in total. The largest absolute Gasteiger partial charge is 0.274 e. The van der Waals surface area contributed by atoms with Gasteiger partial charge in [0.15, 0.2) is 0 Å². The molecule has 132 valence electrons. The molecule has 1 aliphatic heterocycles. The van der Waals surface area contributed by atoms with Crippen LogP contribution in [0.15, 0.2) is 29.2 Å². The van der Waals surface area contributed by atoms with Crippen LogP contribution < -0.4 is 4.90 Å². The summed E-state index contributed by atoms with van der Waals surface area (Å²) < 4.78 is 26.9. The fourth-order valence-corrected chi connectivity index (χ4v) is 4.43. The monoisotopic (exact) mass is 352 g/mol. The van der Waals surface area contributed by atoms with Crippen molar-refractivity contribution in [2.24, 2.45) is 0 Å². The number of amides is 2. The van der Waals surface area contributed by atoms with Crippen LogP contribution in [0.3, 0.4) is 0 Å². The van der Waals surface area contributed by atoms with Crippen molar-refractivity contribution in [3.63, 3.8) is 0 Å². The number of rotatable bonds is 7. The minimum absolute atomic E-state index is 0.185. The molecule has 0 aliphatic carbocycles. The van der Waals surface area contributed by atoms with Crippen molar-refractivity contribution in [2.45, 2.75) is 50.8 Å². The second kappa shape index (κ2) is 7.90. The van der Waals surface area contributed by atoms with Crippen molar-refractivity contribution < 1.29 is 18.0 Å². The first-order valence-corrected chi connectivity index (χ1v) is 9.81. The van der Waals surface area contributed by atoms with Crippen molar-refractivity contribution in [1.82, 2.24) is 4.31 Å². The highest BCUT2D eigenvalue weighted by Gasteiger charge is 2.28. The molecular formula is C17H24N2O4S. The lowest BCUT2D eigenvalue weighted by atomic mass is 10.1. The molecule has 1 fully saturated rings. The average Bonchev–Trinajstić information content (AvgIpc) is 2.55. The molecule has 0 N–H and O–H groups in total. The third-order valence-corrected chi connectivity index (χ3v) is 5.87. The van der Waals surface area contributed by atoms with Crippen LogP contribution in [0.4, 0.5) is 5.69 Å². The summed E-state index contributed by atoms with van der Waals surface area (Å²) in [5.74, 6) is -0.471. The lowest BCUT2D eigenvalue weighted by molar-refractivity contribution is -0.129. The Kier molecular flexibility index (Phi) is 6.12. The molecule has 0 aromatic heterocycles. The van der Waals surface area contributed by atoms with Gasteiger partial charge in [0.25, 0.3) is 0 Å². The standard InChI is InChI=1S/C17H24N2O4S/c1-3-12-18(13-4-2)24(22,23)15-10-8-14(9-11-15)19-16(20)6-5-7-17(19)21/h8-11H,3-7,12-13H2,1-2H3. The molecule has 1 aliphatic rings. The van der Waals surface area contributed by atoms with Crippen LogP contribution in [0.5, 0.6) is 0 Å². The predicted molar refractivity (Wildman–Crippen MR) is 92.1 cm³/mol. The van der Waals surface area contributed by atoms with E-state index in [2.05, 4.69) is 0 Å². The normalized spacial score (nSPS) is 16.0. The molecular weight excluding hydrogens is 328 g/mol. The Bertz CT molecular complexity index is 676. The Balaban J connectivity index is 2.27. The highest BCUT2D eigenvalue weighted by atomic mass is 32.2. The van der Waals surface area contributed by atoms with Gasteiger partial charge in [0, 0.05) is 25.9 Å². The molecule has 7 heteroatoms. The number of hydrogen-bond acceptors (Lipinski definition) is 4. The van der Waals surface area contributed by atoms with Gasteiger partial charge in [-0.05, 0) is 43.5 Å². The molecule has 1 saturated heterocycles. The number of carbonyl (C=O) groups excluding carboxylic acids is 2. The summed E-state index contributed by atoms with van der Waals surface area (Å²) in [6.07, 6.45) is 2.74. The molecule has 0 saturated carbocycles. The van der Waals surface area contributed by atoms with Gasteiger partial charge in [0.05, 0.1) is 10.6 Å². The molecule has 2 amide bonds. The summed E-state index contributed by atoms with van der Waals surface area (Å²) in [6.45, 7) is 4.83. The summed E-state index contributed by atoms with van der Waals surface area (Å²) >= 11 is 0. The second-order valence-electron chi connectivity index (χ2n) is 5.87. The van der Waals surface area contributed by atoms with Crippen molar-refractivity contribution in [3.8, 4) is 0 Å². The van der Waals surface area contributed by atoms with Gasteiger partial charge in [-0.15, -0.1) is 0 Å². The van der Waals surface area contributed by atoms with Crippen LogP contribution in [-0.4, -0.2) is 37.6 Å². The SMILES string of the molecule is CCCN(CCC)S(=O)(=O)c1ccc(N2C(=O)CCCC2=O)cc1. The van der Waals surface area contributed by atoms with E-state index in [9.17, 15) is 18.0 Å². The molecule has 0 radical (unpaired) electrons. The van der Waals surface area contributed by atoms with Crippen molar-refractivity contribution in [3.05, 3.63) is 24.3 Å². The zero-order valence-electron chi connectivity index (χ0n) is 14.2. The molecule has 0 spiro atoms. The molecule has 1 aromatic carbocycles. The summed E-state index contributed by atoms with van der Waals surface area (Å²) in [5.41, 5.74) is 0.432. The second-order valence-corrected chi connectivity index (χ2v) is 7.81. The summed E-state index contributed by atoms with van der Waals surface area (Å²) in [6, 6.07) is 6.00. The maximum absolute atomic E-state index is 12.7. The van der Waals surface area contributed by atoms with Crippen LogP contribution in [0.2, 0.25) is 0 Å². The fourth-order valence-electron chi connectivity index (χ4n) is 2.81. The first-order chi connectivity index (χ1) is 11.4. The number of sulfonamides is 1. The van der Waals surface area contributed by atoms with Gasteiger partial charge in [-0.1, -0.05) is 13.8 Å². The minimum atomic E-state index is -3.55. The van der Waals surface area contributed by atoms with E-state index in [0.29, 0.717) is 38.0 Å². The number of carbonyl (C=O) groups is 2. The van der Waals surface area contributed by atoms with Crippen LogP contribution in [0.25, 0.3) is 0 Å². The number of anilines is 1. The van der Waals surface area contributed by atoms with Gasteiger partial charge in [-0.3, -0.25) is 14.5 Å². The van der Waals surface area contributed by atoms with Gasteiger partial charge in [-0.25, -0.2) is 8.42 Å².